The predicted octanol–water partition coefficient (Wildman–Crippen LogP) is 3.94. The third-order valence-electron chi connectivity index (χ3n) is 6.76. The van der Waals surface area contributed by atoms with Crippen LogP contribution in [0.15, 0.2) is 66.9 Å². The average molecular weight is 516 g/mol. The predicted molar refractivity (Wildman–Crippen MR) is 152 cm³/mol. The van der Waals surface area contributed by atoms with Gasteiger partial charge in [0.1, 0.15) is 5.69 Å². The van der Waals surface area contributed by atoms with Gasteiger partial charge in [-0.3, -0.25) is 9.78 Å². The number of aromatic nitrogens is 1. The summed E-state index contributed by atoms with van der Waals surface area (Å²) in [6.07, 6.45) is 3.85. The second-order valence-electron chi connectivity index (χ2n) is 9.84. The van der Waals surface area contributed by atoms with Crippen LogP contribution in [0.25, 0.3) is 0 Å². The van der Waals surface area contributed by atoms with Gasteiger partial charge in [-0.15, -0.1) is 0 Å². The van der Waals surface area contributed by atoms with E-state index in [0.29, 0.717) is 37.1 Å². The summed E-state index contributed by atoms with van der Waals surface area (Å²) in [5.74, 6) is -0.342. The number of rotatable bonds is 9. The van der Waals surface area contributed by atoms with Crippen molar-refractivity contribution in [2.75, 3.05) is 49.6 Å². The van der Waals surface area contributed by atoms with Crippen molar-refractivity contribution in [1.82, 2.24) is 20.1 Å². The van der Waals surface area contributed by atoms with E-state index in [4.69, 9.17) is 5.73 Å². The van der Waals surface area contributed by atoms with Gasteiger partial charge in [-0.1, -0.05) is 35.9 Å². The lowest BCUT2D eigenvalue weighted by Crippen LogP contribution is -2.45. The first-order chi connectivity index (χ1) is 18.4. The Labute approximate surface area is 224 Å². The summed E-state index contributed by atoms with van der Waals surface area (Å²) in [6, 6.07) is 18.6. The van der Waals surface area contributed by atoms with Crippen LogP contribution in [0.3, 0.4) is 0 Å². The molecule has 0 bridgehead atoms. The maximum atomic E-state index is 13.2. The Morgan fingerprint density at radius 1 is 1.03 bits per heavy atom. The number of amides is 3. The molecule has 1 aromatic heterocycles. The molecule has 0 aliphatic carbocycles. The smallest absolute Gasteiger partial charge is 0.322 e. The average Bonchev–Trinajstić information content (AvgIpc) is 2.92. The van der Waals surface area contributed by atoms with E-state index >= 15 is 0 Å². The van der Waals surface area contributed by atoms with Crippen LogP contribution < -0.4 is 21.7 Å². The summed E-state index contributed by atoms with van der Waals surface area (Å²) in [5, 5.41) is 9.40. The number of nitrogen functional groups attached to an aromatic ring is 1. The Bertz CT molecular complexity index is 1210. The number of piperidine rings is 1. The lowest BCUT2D eigenvalue weighted by atomic mass is 10.1. The van der Waals surface area contributed by atoms with Gasteiger partial charge in [0.15, 0.2) is 0 Å². The Kier molecular flexibility index (Phi) is 9.29. The number of hydrogen-bond donors (Lipinski definition) is 4. The third kappa shape index (κ3) is 7.77. The molecule has 3 aromatic rings. The van der Waals surface area contributed by atoms with E-state index in [0.717, 1.165) is 42.7 Å². The minimum absolute atomic E-state index is 0.180. The van der Waals surface area contributed by atoms with Crippen LogP contribution in [0.1, 0.15) is 34.5 Å². The number of nitrogens with one attached hydrogen (secondary N) is 3. The highest BCUT2D eigenvalue weighted by Gasteiger charge is 2.19. The van der Waals surface area contributed by atoms with Crippen LogP contribution >= 0.6 is 0 Å². The quantitative estimate of drug-likeness (QED) is 0.321. The largest absolute Gasteiger partial charge is 0.397 e. The molecule has 0 atom stereocenters. The van der Waals surface area contributed by atoms with Crippen LogP contribution in [0, 0.1) is 6.92 Å². The van der Waals surface area contributed by atoms with Crippen molar-refractivity contribution in [2.24, 2.45) is 0 Å². The molecule has 9 heteroatoms. The molecule has 1 aliphatic rings. The molecule has 9 nitrogen and oxygen atoms in total. The molecule has 4 rings (SSSR count). The van der Waals surface area contributed by atoms with Gasteiger partial charge < -0.3 is 31.5 Å². The fourth-order valence-corrected chi connectivity index (χ4v) is 4.38. The van der Waals surface area contributed by atoms with Crippen LogP contribution in [-0.4, -0.2) is 66.0 Å². The zero-order chi connectivity index (χ0) is 26.9. The molecule has 38 heavy (non-hydrogen) atoms. The van der Waals surface area contributed by atoms with Gasteiger partial charge in [0.05, 0.1) is 11.4 Å². The molecule has 5 N–H and O–H groups in total. The number of nitrogens with zero attached hydrogens (tertiary/aromatic N) is 3. The molecular formula is C29H37N7O2. The van der Waals surface area contributed by atoms with Crippen LogP contribution in [0.2, 0.25) is 0 Å². The molecule has 2 aromatic carbocycles. The molecular weight excluding hydrogens is 478 g/mol. The van der Waals surface area contributed by atoms with Gasteiger partial charge in [-0.2, -0.15) is 0 Å². The first-order valence-electron chi connectivity index (χ1n) is 13.0. The zero-order valence-electron chi connectivity index (χ0n) is 22.1. The van der Waals surface area contributed by atoms with Crippen molar-refractivity contribution in [3.05, 3.63) is 83.7 Å². The number of pyridine rings is 1. The summed E-state index contributed by atoms with van der Waals surface area (Å²) in [6.45, 7) is 5.78. The van der Waals surface area contributed by atoms with E-state index in [1.165, 1.54) is 0 Å². The molecule has 1 aliphatic heterocycles. The summed E-state index contributed by atoms with van der Waals surface area (Å²) in [7, 11) is 2.15. The number of hydrogen-bond acceptors (Lipinski definition) is 6. The summed E-state index contributed by atoms with van der Waals surface area (Å²) in [4.78, 5) is 34.3. The number of benzene rings is 2. The van der Waals surface area contributed by atoms with Crippen molar-refractivity contribution in [3.8, 4) is 0 Å². The van der Waals surface area contributed by atoms with Crippen molar-refractivity contribution in [1.29, 1.82) is 0 Å². The van der Waals surface area contributed by atoms with Crippen LogP contribution in [0.4, 0.5) is 21.9 Å². The lowest BCUT2D eigenvalue weighted by molar-refractivity contribution is 0.102. The first-order valence-corrected chi connectivity index (χ1v) is 13.0. The molecule has 3 amide bonds. The number of likely N-dealkylation sites (tertiary alicyclic amines) is 1. The highest BCUT2D eigenvalue weighted by atomic mass is 16.2. The summed E-state index contributed by atoms with van der Waals surface area (Å²) < 4.78 is 0. The number of aryl methyl sites for hydroxylation is 1. The van der Waals surface area contributed by atoms with Gasteiger partial charge in [-0.25, -0.2) is 4.79 Å². The monoisotopic (exact) mass is 515 g/mol. The molecule has 1 saturated heterocycles. The molecule has 2 heterocycles. The SMILES string of the molecule is Cc1ccc(NC(=O)N(CCNC2CCN(C)CC2)Cc2ccc(C(=O)Nc3ccccc3N)nc2)cc1. The Balaban J connectivity index is 1.39. The maximum Gasteiger partial charge on any atom is 0.322 e. The second kappa shape index (κ2) is 13.0. The first kappa shape index (κ1) is 27.1. The Hall–Kier alpha value is -3.95. The number of carbonyl (C=O) groups is 2. The molecule has 1 fully saturated rings. The summed E-state index contributed by atoms with van der Waals surface area (Å²) >= 11 is 0. The van der Waals surface area contributed by atoms with Gasteiger partial charge >= 0.3 is 6.03 Å². The van der Waals surface area contributed by atoms with Crippen LogP contribution in [-0.2, 0) is 6.54 Å². The molecule has 0 radical (unpaired) electrons. The van der Waals surface area contributed by atoms with Gasteiger partial charge in [0.25, 0.3) is 5.91 Å². The normalized spacial score (nSPS) is 14.2. The van der Waals surface area contributed by atoms with Crippen LogP contribution in [0.5, 0.6) is 0 Å². The van der Waals surface area contributed by atoms with Crippen molar-refractivity contribution < 1.29 is 9.59 Å². The number of anilines is 3. The number of nitrogens with two attached hydrogens (primary N) is 1. The molecule has 0 unspecified atom stereocenters. The van der Waals surface area contributed by atoms with E-state index in [9.17, 15) is 9.59 Å². The molecule has 0 spiro atoms. The number of para-hydroxylation sites is 2. The fraction of sp³-hybridized carbons (Fsp3) is 0.345. The third-order valence-corrected chi connectivity index (χ3v) is 6.76. The zero-order valence-corrected chi connectivity index (χ0v) is 22.1. The van der Waals surface area contributed by atoms with E-state index in [1.54, 1.807) is 35.4 Å². The number of carbonyl (C=O) groups excluding carboxylic acids is 2. The molecule has 200 valence electrons. The maximum absolute atomic E-state index is 13.2. The Morgan fingerprint density at radius 3 is 2.45 bits per heavy atom. The number of urea groups is 1. The minimum Gasteiger partial charge on any atom is -0.397 e. The van der Waals surface area contributed by atoms with Crippen molar-refractivity contribution >= 4 is 29.0 Å². The summed E-state index contributed by atoms with van der Waals surface area (Å²) in [5.41, 5.74) is 9.94. The second-order valence-corrected chi connectivity index (χ2v) is 9.84. The fourth-order valence-electron chi connectivity index (χ4n) is 4.38. The topological polar surface area (TPSA) is 116 Å². The van der Waals surface area contributed by atoms with Gasteiger partial charge in [0, 0.05) is 37.6 Å². The van der Waals surface area contributed by atoms with Crippen molar-refractivity contribution in [2.45, 2.75) is 32.4 Å². The van der Waals surface area contributed by atoms with Gasteiger partial charge in [0.2, 0.25) is 0 Å². The highest BCUT2D eigenvalue weighted by Crippen LogP contribution is 2.18. The standard InChI is InChI=1S/C29H37N7O2/c1-21-7-10-24(11-8-21)33-29(38)36(18-15-31-23-13-16-35(2)17-14-23)20-22-9-12-27(32-19-22)28(37)34-26-6-4-3-5-25(26)30/h3-12,19,23,31H,13-18,20,30H2,1-2H3,(H,33,38)(H,34,37). The van der Waals surface area contributed by atoms with E-state index in [2.05, 4.69) is 32.9 Å². The Morgan fingerprint density at radius 2 is 1.76 bits per heavy atom. The van der Waals surface area contributed by atoms with E-state index in [1.807, 2.05) is 43.3 Å². The van der Waals surface area contributed by atoms with E-state index in [-0.39, 0.29) is 17.6 Å². The highest BCUT2D eigenvalue weighted by molar-refractivity contribution is 6.04. The molecule has 0 saturated carbocycles. The van der Waals surface area contributed by atoms with E-state index < -0.39 is 0 Å². The lowest BCUT2D eigenvalue weighted by Gasteiger charge is -2.30. The minimum atomic E-state index is -0.342. The van der Waals surface area contributed by atoms with Crippen molar-refractivity contribution in [3.63, 3.8) is 0 Å². The van der Waals surface area contributed by atoms with Gasteiger partial charge in [-0.05, 0) is 75.8 Å².